The van der Waals surface area contributed by atoms with Gasteiger partial charge in [0.05, 0.1) is 5.76 Å². The van der Waals surface area contributed by atoms with Crippen molar-refractivity contribution in [2.24, 2.45) is 34.5 Å². The van der Waals surface area contributed by atoms with Gasteiger partial charge in [-0.3, -0.25) is 0 Å². The summed E-state index contributed by atoms with van der Waals surface area (Å²) in [6.45, 7) is 22.4. The van der Waals surface area contributed by atoms with Crippen LogP contribution in [0.15, 0.2) is 36.4 Å². The first-order valence-corrected chi connectivity index (χ1v) is 18.8. The Labute approximate surface area is 193 Å². The van der Waals surface area contributed by atoms with Gasteiger partial charge in [-0.15, -0.1) is 13.2 Å². The Kier molecular flexibility index (Phi) is 6.10. The van der Waals surface area contributed by atoms with Crippen molar-refractivity contribution in [1.29, 1.82) is 0 Å². The van der Waals surface area contributed by atoms with Crippen LogP contribution in [0.2, 0.25) is 26.2 Å². The summed E-state index contributed by atoms with van der Waals surface area (Å²) in [6.07, 6.45) is 13.5. The van der Waals surface area contributed by atoms with Gasteiger partial charge in [0.2, 0.25) is 8.32 Å². The van der Waals surface area contributed by atoms with Crippen molar-refractivity contribution < 1.29 is 8.85 Å². The summed E-state index contributed by atoms with van der Waals surface area (Å²) in [5, 5.41) is 0. The molecule has 0 aliphatic heterocycles. The molecule has 3 saturated carbocycles. The number of fused-ring (bicyclic) bond motifs is 5. The molecule has 3 fully saturated rings. The van der Waals surface area contributed by atoms with E-state index in [9.17, 15) is 0 Å². The third-order valence-corrected chi connectivity index (χ3v) is 13.6. The van der Waals surface area contributed by atoms with E-state index in [4.69, 9.17) is 8.85 Å². The predicted molar refractivity (Wildman–Crippen MR) is 137 cm³/mol. The lowest BCUT2D eigenvalue weighted by Gasteiger charge is -2.61. The number of allylic oxidation sites excluding steroid dienone is 2. The Hall–Kier alpha value is -0.586. The third-order valence-electron chi connectivity index (χ3n) is 9.95. The van der Waals surface area contributed by atoms with Gasteiger partial charge in [-0.05, 0) is 113 Å². The lowest BCUT2D eigenvalue weighted by Crippen LogP contribution is -2.54. The van der Waals surface area contributed by atoms with Crippen molar-refractivity contribution in [2.75, 3.05) is 0 Å². The molecule has 3 unspecified atom stereocenters. The van der Waals surface area contributed by atoms with Crippen molar-refractivity contribution in [2.45, 2.75) is 97.5 Å². The van der Waals surface area contributed by atoms with Crippen LogP contribution in [0, 0.1) is 34.5 Å². The second-order valence-electron chi connectivity index (χ2n) is 12.6. The number of hydrogen-bond donors (Lipinski definition) is 0. The van der Waals surface area contributed by atoms with Crippen LogP contribution in [0.25, 0.3) is 0 Å². The van der Waals surface area contributed by atoms with Gasteiger partial charge >= 0.3 is 0 Å². The molecule has 4 aliphatic rings. The highest BCUT2D eigenvalue weighted by Crippen LogP contribution is 2.66. The first-order chi connectivity index (χ1) is 14.4. The quantitative estimate of drug-likeness (QED) is 0.378. The van der Waals surface area contributed by atoms with Gasteiger partial charge in [0.25, 0.3) is 8.32 Å². The summed E-state index contributed by atoms with van der Waals surface area (Å²) in [4.78, 5) is 0. The monoisotopic (exact) mass is 458 g/mol. The normalized spacial score (nSPS) is 42.6. The van der Waals surface area contributed by atoms with Crippen LogP contribution >= 0.6 is 0 Å². The maximum absolute atomic E-state index is 6.66. The molecular weight excluding hydrogens is 412 g/mol. The first-order valence-electron chi connectivity index (χ1n) is 12.8. The fourth-order valence-corrected chi connectivity index (χ4v) is 9.95. The minimum Gasteiger partial charge on any atom is -0.543 e. The molecule has 0 bridgehead atoms. The van der Waals surface area contributed by atoms with Crippen LogP contribution in [0.1, 0.15) is 65.2 Å². The van der Waals surface area contributed by atoms with Crippen molar-refractivity contribution in [1.82, 2.24) is 0 Å². The van der Waals surface area contributed by atoms with Crippen LogP contribution < -0.4 is 0 Å². The van der Waals surface area contributed by atoms with Gasteiger partial charge in [-0.2, -0.15) is 0 Å². The van der Waals surface area contributed by atoms with Crippen molar-refractivity contribution >= 4 is 16.6 Å². The molecule has 0 radical (unpaired) electrons. The Morgan fingerprint density at radius 3 is 2.32 bits per heavy atom. The molecule has 0 saturated heterocycles. The summed E-state index contributed by atoms with van der Waals surface area (Å²) in [7, 11) is -3.50. The second kappa shape index (κ2) is 8.02. The largest absolute Gasteiger partial charge is 0.543 e. The molecule has 0 aromatic carbocycles. The van der Waals surface area contributed by atoms with Gasteiger partial charge in [-0.25, -0.2) is 0 Å². The highest BCUT2D eigenvalue weighted by Gasteiger charge is 2.59. The number of hydrogen-bond acceptors (Lipinski definition) is 2. The molecule has 31 heavy (non-hydrogen) atoms. The van der Waals surface area contributed by atoms with Gasteiger partial charge in [-0.1, -0.05) is 25.2 Å². The summed E-state index contributed by atoms with van der Waals surface area (Å²) < 4.78 is 13.3. The van der Waals surface area contributed by atoms with Gasteiger partial charge in [0.1, 0.15) is 0 Å². The van der Waals surface area contributed by atoms with Crippen molar-refractivity contribution in [3.8, 4) is 0 Å². The van der Waals surface area contributed by atoms with Crippen LogP contribution in [-0.4, -0.2) is 22.7 Å². The van der Waals surface area contributed by atoms with E-state index in [0.717, 1.165) is 23.7 Å². The number of rotatable bonds is 6. The average Bonchev–Trinajstić information content (AvgIpc) is 3.04. The molecule has 0 aromatic heterocycles. The van der Waals surface area contributed by atoms with E-state index in [1.54, 1.807) is 0 Å². The highest BCUT2D eigenvalue weighted by molar-refractivity contribution is 6.76. The zero-order chi connectivity index (χ0) is 22.7. The Bertz CT molecular complexity index is 756. The van der Waals surface area contributed by atoms with E-state index in [1.165, 1.54) is 57.1 Å². The first kappa shape index (κ1) is 23.6. The molecule has 0 heterocycles. The summed E-state index contributed by atoms with van der Waals surface area (Å²) in [6, 6.07) is 0. The zero-order valence-electron chi connectivity index (χ0n) is 21.0. The average molecular weight is 459 g/mol. The van der Waals surface area contributed by atoms with Crippen molar-refractivity contribution in [3.05, 3.63) is 36.4 Å². The summed E-state index contributed by atoms with van der Waals surface area (Å²) >= 11 is 0. The molecule has 174 valence electrons. The fourth-order valence-electron chi connectivity index (χ4n) is 7.81. The standard InChI is InChI=1S/C27H46O2Si2/c1-9-30(5,6)28-21-15-17-26(3)20(19-21)11-12-22-23-13-14-25(29-31(7,8)10-2)27(23,4)18-16-24(22)26/h9-10,14,20-24H,1-2,11-13,15-19H2,3-8H3/t20-,21-,22?,23?,24?,26+,27+/m1/s1. The fraction of sp³-hybridized carbons (Fsp3) is 0.778. The van der Waals surface area contributed by atoms with E-state index in [1.807, 2.05) is 0 Å². The summed E-state index contributed by atoms with van der Waals surface area (Å²) in [5.41, 5.74) is 4.93. The van der Waals surface area contributed by atoms with Crippen molar-refractivity contribution in [3.63, 3.8) is 0 Å². The van der Waals surface area contributed by atoms with Crippen LogP contribution in [0.3, 0.4) is 0 Å². The summed E-state index contributed by atoms with van der Waals surface area (Å²) in [5.74, 6) is 4.67. The van der Waals surface area contributed by atoms with E-state index in [2.05, 4.69) is 70.7 Å². The van der Waals surface area contributed by atoms with E-state index < -0.39 is 16.6 Å². The molecule has 0 spiro atoms. The minimum atomic E-state index is -1.80. The lowest BCUT2D eigenvalue weighted by atomic mass is 9.45. The SMILES string of the molecule is C=C[Si](C)(C)OC1=CCC2C3CC[C@@H]4C[C@H](O[Si](C)(C)C=C)CC[C@]4(C)C3CC[C@]12C. The third kappa shape index (κ3) is 4.10. The Morgan fingerprint density at radius 1 is 0.935 bits per heavy atom. The van der Waals surface area contributed by atoms with Crippen LogP contribution in [0.4, 0.5) is 0 Å². The molecule has 7 atom stereocenters. The maximum Gasteiger partial charge on any atom is 0.268 e. The topological polar surface area (TPSA) is 18.5 Å². The molecular formula is C27H46O2Si2. The molecule has 0 N–H and O–H groups in total. The predicted octanol–water partition coefficient (Wildman–Crippen LogP) is 7.79. The zero-order valence-corrected chi connectivity index (χ0v) is 23.0. The van der Waals surface area contributed by atoms with E-state index in [-0.39, 0.29) is 5.41 Å². The molecule has 4 heteroatoms. The Morgan fingerprint density at radius 2 is 1.65 bits per heavy atom. The molecule has 0 aromatic rings. The van der Waals surface area contributed by atoms with Gasteiger partial charge < -0.3 is 8.85 Å². The molecule has 4 aliphatic carbocycles. The maximum atomic E-state index is 6.66. The smallest absolute Gasteiger partial charge is 0.268 e. The lowest BCUT2D eigenvalue weighted by molar-refractivity contribution is -0.119. The van der Waals surface area contributed by atoms with E-state index in [0.29, 0.717) is 11.5 Å². The molecule has 2 nitrogen and oxygen atoms in total. The van der Waals surface area contributed by atoms with Gasteiger partial charge in [0, 0.05) is 11.5 Å². The Balaban J connectivity index is 1.48. The molecule has 0 amide bonds. The van der Waals surface area contributed by atoms with Crippen LogP contribution in [0.5, 0.6) is 0 Å². The van der Waals surface area contributed by atoms with Gasteiger partial charge in [0.15, 0.2) is 0 Å². The highest BCUT2D eigenvalue weighted by atomic mass is 28.4. The van der Waals surface area contributed by atoms with E-state index >= 15 is 0 Å². The second-order valence-corrected chi connectivity index (χ2v) is 20.3. The minimum absolute atomic E-state index is 0.248. The molecule has 4 rings (SSSR count). The van der Waals surface area contributed by atoms with Crippen LogP contribution in [-0.2, 0) is 8.85 Å².